The molecule has 0 saturated carbocycles. The number of hydrogen-bond acceptors (Lipinski definition) is 3. The Hall–Kier alpha value is -0.610. The van der Waals surface area contributed by atoms with E-state index in [0.717, 1.165) is 6.42 Å². The summed E-state index contributed by atoms with van der Waals surface area (Å²) in [4.78, 5) is 10.3. The molecular weight excluding hydrogens is 118 g/mol. The molecule has 9 heavy (non-hydrogen) atoms. The normalized spacial score (nSPS) is 13.1. The lowest BCUT2D eigenvalue weighted by Crippen LogP contribution is -2.36. The molecule has 54 valence electrons. The molecule has 1 atom stereocenters. The third-order valence-electron chi connectivity index (χ3n) is 1.08. The van der Waals surface area contributed by atoms with Gasteiger partial charge in [-0.2, -0.15) is 0 Å². The molecular formula is C5H13N3O. The van der Waals surface area contributed by atoms with Gasteiger partial charge in [0.2, 0.25) is 5.91 Å². The van der Waals surface area contributed by atoms with Gasteiger partial charge in [-0.15, -0.1) is 0 Å². The molecule has 0 aromatic heterocycles. The SMILES string of the molecule is NCCCC(N)C(N)=O. The molecule has 6 N–H and O–H groups in total. The van der Waals surface area contributed by atoms with E-state index >= 15 is 0 Å². The van der Waals surface area contributed by atoms with Crippen LogP contribution in [0.2, 0.25) is 0 Å². The zero-order valence-corrected chi connectivity index (χ0v) is 5.34. The quantitative estimate of drug-likeness (QED) is 0.435. The Labute approximate surface area is 54.4 Å². The van der Waals surface area contributed by atoms with E-state index in [2.05, 4.69) is 0 Å². The van der Waals surface area contributed by atoms with Crippen LogP contribution in [0.1, 0.15) is 12.8 Å². The van der Waals surface area contributed by atoms with Gasteiger partial charge in [-0.3, -0.25) is 4.79 Å². The number of primary amides is 1. The fourth-order valence-corrected chi connectivity index (χ4v) is 0.480. The highest BCUT2D eigenvalue weighted by atomic mass is 16.1. The van der Waals surface area contributed by atoms with Crippen molar-refractivity contribution in [3.05, 3.63) is 0 Å². The molecule has 1 amide bonds. The maximum atomic E-state index is 10.3. The summed E-state index contributed by atoms with van der Waals surface area (Å²) >= 11 is 0. The number of nitrogens with two attached hydrogens (primary N) is 3. The monoisotopic (exact) mass is 131 g/mol. The minimum atomic E-state index is -0.520. The highest BCUT2D eigenvalue weighted by Gasteiger charge is 2.06. The minimum Gasteiger partial charge on any atom is -0.368 e. The Morgan fingerprint density at radius 3 is 2.44 bits per heavy atom. The van der Waals surface area contributed by atoms with Gasteiger partial charge in [0, 0.05) is 0 Å². The van der Waals surface area contributed by atoms with Gasteiger partial charge in [0.1, 0.15) is 0 Å². The van der Waals surface area contributed by atoms with Crippen molar-refractivity contribution in [2.24, 2.45) is 17.2 Å². The van der Waals surface area contributed by atoms with Crippen molar-refractivity contribution in [1.82, 2.24) is 0 Å². The molecule has 0 aliphatic carbocycles. The number of carbonyl (C=O) groups excluding carboxylic acids is 1. The first-order valence-corrected chi connectivity index (χ1v) is 2.93. The van der Waals surface area contributed by atoms with E-state index in [-0.39, 0.29) is 0 Å². The highest BCUT2D eigenvalue weighted by Crippen LogP contribution is 1.89. The Morgan fingerprint density at radius 1 is 1.56 bits per heavy atom. The van der Waals surface area contributed by atoms with Gasteiger partial charge in [-0.05, 0) is 19.4 Å². The second kappa shape index (κ2) is 4.29. The number of carbonyl (C=O) groups is 1. The Kier molecular flexibility index (Phi) is 4.00. The predicted molar refractivity (Wildman–Crippen MR) is 35.5 cm³/mol. The summed E-state index contributed by atoms with van der Waals surface area (Å²) in [6.07, 6.45) is 1.34. The topological polar surface area (TPSA) is 95.1 Å². The van der Waals surface area contributed by atoms with Crippen LogP contribution in [0.15, 0.2) is 0 Å². The van der Waals surface area contributed by atoms with Gasteiger partial charge >= 0.3 is 0 Å². The smallest absolute Gasteiger partial charge is 0.234 e. The summed E-state index contributed by atoms with van der Waals surface area (Å²) in [5.74, 6) is -0.455. The molecule has 0 aliphatic heterocycles. The second-order valence-corrected chi connectivity index (χ2v) is 1.94. The van der Waals surface area contributed by atoms with Crippen molar-refractivity contribution < 1.29 is 4.79 Å². The lowest BCUT2D eigenvalue weighted by molar-refractivity contribution is -0.119. The van der Waals surface area contributed by atoms with Crippen LogP contribution in [-0.2, 0) is 4.79 Å². The van der Waals surface area contributed by atoms with E-state index in [0.29, 0.717) is 13.0 Å². The van der Waals surface area contributed by atoms with E-state index in [1.807, 2.05) is 0 Å². The molecule has 0 fully saturated rings. The maximum Gasteiger partial charge on any atom is 0.234 e. The first-order valence-electron chi connectivity index (χ1n) is 2.93. The first-order chi connectivity index (χ1) is 4.18. The molecule has 0 heterocycles. The molecule has 0 aromatic carbocycles. The van der Waals surface area contributed by atoms with Gasteiger partial charge in [0.15, 0.2) is 0 Å². The van der Waals surface area contributed by atoms with E-state index < -0.39 is 11.9 Å². The second-order valence-electron chi connectivity index (χ2n) is 1.94. The van der Waals surface area contributed by atoms with Crippen molar-refractivity contribution in [3.63, 3.8) is 0 Å². The number of hydrogen-bond donors (Lipinski definition) is 3. The fourth-order valence-electron chi connectivity index (χ4n) is 0.480. The Balaban J connectivity index is 3.27. The number of amides is 1. The summed E-state index contributed by atoms with van der Waals surface area (Å²) in [6.45, 7) is 0.557. The first kappa shape index (κ1) is 8.39. The van der Waals surface area contributed by atoms with Crippen LogP contribution in [-0.4, -0.2) is 18.5 Å². The van der Waals surface area contributed by atoms with Gasteiger partial charge in [-0.25, -0.2) is 0 Å². The average molecular weight is 131 g/mol. The van der Waals surface area contributed by atoms with Crippen LogP contribution in [0.25, 0.3) is 0 Å². The van der Waals surface area contributed by atoms with Gasteiger partial charge in [-0.1, -0.05) is 0 Å². The van der Waals surface area contributed by atoms with Crippen LogP contribution in [0.4, 0.5) is 0 Å². The number of rotatable bonds is 4. The van der Waals surface area contributed by atoms with E-state index in [1.54, 1.807) is 0 Å². The van der Waals surface area contributed by atoms with Crippen LogP contribution in [0.3, 0.4) is 0 Å². The molecule has 1 unspecified atom stereocenters. The summed E-state index contributed by atoms with van der Waals surface area (Å²) < 4.78 is 0. The fraction of sp³-hybridized carbons (Fsp3) is 0.800. The standard InChI is InChI=1S/C5H13N3O/c6-3-1-2-4(7)5(8)9/h4H,1-3,6-7H2,(H2,8,9). The van der Waals surface area contributed by atoms with Crippen LogP contribution < -0.4 is 17.2 Å². The Bertz CT molecular complexity index is 94.2. The molecule has 0 spiro atoms. The molecule has 0 aromatic rings. The molecule has 0 radical (unpaired) electrons. The van der Waals surface area contributed by atoms with Crippen molar-refractivity contribution in [2.75, 3.05) is 6.54 Å². The summed E-state index contributed by atoms with van der Waals surface area (Å²) in [5.41, 5.74) is 15.3. The van der Waals surface area contributed by atoms with Crippen molar-refractivity contribution in [3.8, 4) is 0 Å². The molecule has 0 saturated heterocycles. The van der Waals surface area contributed by atoms with Crippen LogP contribution in [0, 0.1) is 0 Å². The molecule has 0 aliphatic rings. The third-order valence-corrected chi connectivity index (χ3v) is 1.08. The lowest BCUT2D eigenvalue weighted by atomic mass is 10.1. The maximum absolute atomic E-state index is 10.3. The Morgan fingerprint density at radius 2 is 2.11 bits per heavy atom. The molecule has 4 nitrogen and oxygen atoms in total. The predicted octanol–water partition coefficient (Wildman–Crippen LogP) is -1.46. The third kappa shape index (κ3) is 3.93. The lowest BCUT2D eigenvalue weighted by Gasteiger charge is -2.03. The molecule has 0 bridgehead atoms. The minimum absolute atomic E-state index is 0.455. The highest BCUT2D eigenvalue weighted by molar-refractivity contribution is 5.79. The van der Waals surface area contributed by atoms with Gasteiger partial charge < -0.3 is 17.2 Å². The zero-order valence-electron chi connectivity index (χ0n) is 5.34. The summed E-state index contributed by atoms with van der Waals surface area (Å²) in [7, 11) is 0. The van der Waals surface area contributed by atoms with E-state index in [4.69, 9.17) is 17.2 Å². The summed E-state index contributed by atoms with van der Waals surface area (Å²) in [5, 5.41) is 0. The van der Waals surface area contributed by atoms with Gasteiger partial charge in [0.25, 0.3) is 0 Å². The van der Waals surface area contributed by atoms with E-state index in [9.17, 15) is 4.79 Å². The molecule has 0 rings (SSSR count). The van der Waals surface area contributed by atoms with Crippen LogP contribution in [0.5, 0.6) is 0 Å². The molecule has 4 heteroatoms. The average Bonchev–Trinajstić information content (AvgIpc) is 1.82. The summed E-state index contributed by atoms with van der Waals surface area (Å²) in [6, 6.07) is -0.520. The zero-order chi connectivity index (χ0) is 7.28. The van der Waals surface area contributed by atoms with Crippen molar-refractivity contribution >= 4 is 5.91 Å². The van der Waals surface area contributed by atoms with Crippen molar-refractivity contribution in [2.45, 2.75) is 18.9 Å². The van der Waals surface area contributed by atoms with Crippen molar-refractivity contribution in [1.29, 1.82) is 0 Å². The van der Waals surface area contributed by atoms with Crippen LogP contribution >= 0.6 is 0 Å². The largest absolute Gasteiger partial charge is 0.368 e. The van der Waals surface area contributed by atoms with E-state index in [1.165, 1.54) is 0 Å². The van der Waals surface area contributed by atoms with Gasteiger partial charge in [0.05, 0.1) is 6.04 Å².